The largest absolute Gasteiger partial charge is 0.506 e. The summed E-state index contributed by atoms with van der Waals surface area (Å²) in [6.07, 6.45) is 2.42. The van der Waals surface area contributed by atoms with Crippen LogP contribution in [-0.2, 0) is 4.79 Å². The van der Waals surface area contributed by atoms with Crippen molar-refractivity contribution in [3.8, 4) is 5.75 Å². The van der Waals surface area contributed by atoms with Gasteiger partial charge in [0.05, 0.1) is 29.4 Å². The molecule has 168 valence electrons. The molecule has 1 fully saturated rings. The van der Waals surface area contributed by atoms with E-state index in [1.165, 1.54) is 18.2 Å². The molecule has 8 nitrogen and oxygen atoms in total. The average Bonchev–Trinajstić information content (AvgIpc) is 2.77. The van der Waals surface area contributed by atoms with Crippen LogP contribution in [0.1, 0.15) is 35.7 Å². The highest BCUT2D eigenvalue weighted by atomic mass is 35.5. The van der Waals surface area contributed by atoms with Crippen LogP contribution in [0.15, 0.2) is 46.6 Å². The van der Waals surface area contributed by atoms with E-state index in [2.05, 4.69) is 15.5 Å². The Labute approximate surface area is 191 Å². The number of azo groups is 1. The molecule has 9 heteroatoms. The molecule has 0 aromatic heterocycles. The number of halogens is 1. The molecule has 0 radical (unpaired) electrons. The summed E-state index contributed by atoms with van der Waals surface area (Å²) in [7, 11) is 0. The van der Waals surface area contributed by atoms with Gasteiger partial charge in [-0.3, -0.25) is 9.59 Å². The maximum absolute atomic E-state index is 13.4. The lowest BCUT2D eigenvalue weighted by molar-refractivity contribution is -0.121. The van der Waals surface area contributed by atoms with Crippen LogP contribution in [-0.4, -0.2) is 47.2 Å². The molecule has 2 atom stereocenters. The van der Waals surface area contributed by atoms with Crippen LogP contribution in [0.25, 0.3) is 0 Å². The van der Waals surface area contributed by atoms with Crippen molar-refractivity contribution in [2.24, 2.45) is 16.1 Å². The number of hydrogen-bond acceptors (Lipinski definition) is 6. The number of amides is 2. The van der Waals surface area contributed by atoms with Gasteiger partial charge < -0.3 is 20.7 Å². The lowest BCUT2D eigenvalue weighted by atomic mass is 9.91. The number of carbonyl (C=O) groups is 2. The van der Waals surface area contributed by atoms with Crippen molar-refractivity contribution in [2.45, 2.75) is 32.7 Å². The van der Waals surface area contributed by atoms with Crippen LogP contribution in [0.4, 0.5) is 11.4 Å². The molecule has 0 saturated carbocycles. The molecule has 3 rings (SSSR count). The van der Waals surface area contributed by atoms with E-state index in [9.17, 15) is 14.7 Å². The molecular weight excluding hydrogens is 430 g/mol. The second-order valence-electron chi connectivity index (χ2n) is 7.88. The van der Waals surface area contributed by atoms with Gasteiger partial charge in [0.15, 0.2) is 0 Å². The number of rotatable bonds is 6. The van der Waals surface area contributed by atoms with Crippen molar-refractivity contribution in [2.75, 3.05) is 18.4 Å². The lowest BCUT2D eigenvalue weighted by Gasteiger charge is -2.37. The summed E-state index contributed by atoms with van der Waals surface area (Å²) < 4.78 is 0. The number of phenols is 1. The molecule has 0 bridgehead atoms. The smallest absolute Gasteiger partial charge is 0.256 e. The Morgan fingerprint density at radius 3 is 2.81 bits per heavy atom. The fraction of sp³-hybridized carbons (Fsp3) is 0.348. The zero-order valence-corrected chi connectivity index (χ0v) is 18.8. The van der Waals surface area contributed by atoms with Crippen LogP contribution in [0.3, 0.4) is 0 Å². The standard InChI is InChI=1S/C23H26ClN5O3/c1-14-3-7-19(28-26-10-9-25)18(11-14)23(32)29-13-16(5-4-15(29)2)22(31)27-20-12-17(24)6-8-21(20)30/h3,6-9,11-12,15-16,25,30H,4-5,10,13H2,1-2H3,(H,27,31)/t15-,16?/m1/s1. The van der Waals surface area contributed by atoms with E-state index in [0.29, 0.717) is 29.1 Å². The Morgan fingerprint density at radius 2 is 2.06 bits per heavy atom. The number of aryl methyl sites for hydroxylation is 1. The van der Waals surface area contributed by atoms with Gasteiger partial charge in [0.25, 0.3) is 5.91 Å². The summed E-state index contributed by atoms with van der Waals surface area (Å²) in [5.74, 6) is -0.989. The highest BCUT2D eigenvalue weighted by molar-refractivity contribution is 6.31. The second-order valence-corrected chi connectivity index (χ2v) is 8.32. The molecule has 1 unspecified atom stereocenters. The Morgan fingerprint density at radius 1 is 1.28 bits per heavy atom. The summed E-state index contributed by atoms with van der Waals surface area (Å²) >= 11 is 5.97. The van der Waals surface area contributed by atoms with E-state index in [4.69, 9.17) is 17.0 Å². The molecular formula is C23H26ClN5O3. The third kappa shape index (κ3) is 5.50. The molecule has 0 spiro atoms. The van der Waals surface area contributed by atoms with Crippen LogP contribution >= 0.6 is 11.6 Å². The van der Waals surface area contributed by atoms with E-state index in [-0.39, 0.29) is 42.4 Å². The minimum atomic E-state index is -0.429. The summed E-state index contributed by atoms with van der Waals surface area (Å²) in [5, 5.41) is 28.2. The molecule has 2 aromatic rings. The Balaban J connectivity index is 1.80. The number of aromatic hydroxyl groups is 1. The summed E-state index contributed by atoms with van der Waals surface area (Å²) in [5.41, 5.74) is 2.01. The number of benzene rings is 2. The molecule has 1 saturated heterocycles. The molecule has 32 heavy (non-hydrogen) atoms. The predicted molar refractivity (Wildman–Crippen MR) is 124 cm³/mol. The van der Waals surface area contributed by atoms with Crippen LogP contribution in [0.2, 0.25) is 5.02 Å². The number of anilines is 1. The average molecular weight is 456 g/mol. The van der Waals surface area contributed by atoms with Crippen molar-refractivity contribution in [3.63, 3.8) is 0 Å². The van der Waals surface area contributed by atoms with Crippen molar-refractivity contribution >= 4 is 41.0 Å². The van der Waals surface area contributed by atoms with Gasteiger partial charge in [0.2, 0.25) is 5.91 Å². The topological polar surface area (TPSA) is 118 Å². The molecule has 1 aliphatic rings. The van der Waals surface area contributed by atoms with E-state index in [1.807, 2.05) is 19.9 Å². The van der Waals surface area contributed by atoms with E-state index < -0.39 is 5.92 Å². The molecule has 2 aromatic carbocycles. The van der Waals surface area contributed by atoms with Crippen LogP contribution in [0.5, 0.6) is 5.75 Å². The lowest BCUT2D eigenvalue weighted by Crippen LogP contribution is -2.48. The van der Waals surface area contributed by atoms with Crippen molar-refractivity contribution in [1.82, 2.24) is 4.90 Å². The first-order chi connectivity index (χ1) is 15.3. The summed E-state index contributed by atoms with van der Waals surface area (Å²) in [6.45, 7) is 4.24. The number of hydrogen-bond donors (Lipinski definition) is 3. The van der Waals surface area contributed by atoms with Gasteiger partial charge in [0, 0.05) is 23.8 Å². The maximum Gasteiger partial charge on any atom is 0.256 e. The third-order valence-corrected chi connectivity index (χ3v) is 5.70. The first-order valence-corrected chi connectivity index (χ1v) is 10.8. The molecule has 3 N–H and O–H groups in total. The highest BCUT2D eigenvalue weighted by Gasteiger charge is 2.34. The van der Waals surface area contributed by atoms with E-state index in [0.717, 1.165) is 11.8 Å². The number of piperidine rings is 1. The fourth-order valence-electron chi connectivity index (χ4n) is 3.67. The quantitative estimate of drug-likeness (QED) is 0.324. The normalized spacial score (nSPS) is 18.5. The molecule has 1 aliphatic heterocycles. The van der Waals surface area contributed by atoms with Crippen molar-refractivity contribution in [1.29, 1.82) is 5.41 Å². The van der Waals surface area contributed by atoms with E-state index >= 15 is 0 Å². The maximum atomic E-state index is 13.4. The Kier molecular flexibility index (Phi) is 7.58. The zero-order chi connectivity index (χ0) is 23.3. The minimum absolute atomic E-state index is 0.0435. The van der Waals surface area contributed by atoms with Gasteiger partial charge >= 0.3 is 0 Å². The van der Waals surface area contributed by atoms with Gasteiger partial charge in [-0.05, 0) is 57.0 Å². The van der Waals surface area contributed by atoms with Crippen molar-refractivity contribution < 1.29 is 14.7 Å². The number of carbonyl (C=O) groups excluding carboxylic acids is 2. The van der Waals surface area contributed by atoms with Gasteiger partial charge in [-0.15, -0.1) is 0 Å². The van der Waals surface area contributed by atoms with Crippen LogP contribution in [0, 0.1) is 18.3 Å². The summed E-state index contributed by atoms with van der Waals surface area (Å²) in [6, 6.07) is 9.75. The van der Waals surface area contributed by atoms with Gasteiger partial charge in [0.1, 0.15) is 5.75 Å². The Hall–Kier alpha value is -3.26. The van der Waals surface area contributed by atoms with Gasteiger partial charge in [-0.2, -0.15) is 10.2 Å². The van der Waals surface area contributed by atoms with Crippen molar-refractivity contribution in [3.05, 3.63) is 52.5 Å². The Bertz CT molecular complexity index is 1060. The zero-order valence-electron chi connectivity index (χ0n) is 18.0. The number of phenolic OH excluding ortho intramolecular Hbond substituents is 1. The molecule has 0 aliphatic carbocycles. The minimum Gasteiger partial charge on any atom is -0.506 e. The number of nitrogens with one attached hydrogen (secondary N) is 2. The third-order valence-electron chi connectivity index (χ3n) is 5.46. The summed E-state index contributed by atoms with van der Waals surface area (Å²) in [4.78, 5) is 28.0. The van der Waals surface area contributed by atoms with E-state index in [1.54, 1.807) is 17.0 Å². The SMILES string of the molecule is Cc1ccc(N=NCC=N)c(C(=O)N2CC(C(=O)Nc3cc(Cl)ccc3O)CC[C@H]2C)c1. The van der Waals surface area contributed by atoms with Gasteiger partial charge in [-0.25, -0.2) is 0 Å². The second kappa shape index (κ2) is 10.4. The number of nitrogens with zero attached hydrogens (tertiary/aromatic N) is 3. The fourth-order valence-corrected chi connectivity index (χ4v) is 3.84. The first-order valence-electron chi connectivity index (χ1n) is 10.4. The predicted octanol–water partition coefficient (Wildman–Crippen LogP) is 4.97. The number of likely N-dealkylation sites (tertiary alicyclic amines) is 1. The van der Waals surface area contributed by atoms with Crippen LogP contribution < -0.4 is 5.32 Å². The first kappa shape index (κ1) is 23.4. The molecule has 2 amide bonds. The monoisotopic (exact) mass is 455 g/mol. The van der Waals surface area contributed by atoms with Gasteiger partial charge in [-0.1, -0.05) is 23.2 Å². The molecule has 1 heterocycles. The highest BCUT2D eigenvalue weighted by Crippen LogP contribution is 2.31.